The van der Waals surface area contributed by atoms with Crippen molar-refractivity contribution in [3.8, 4) is 11.5 Å². The molecule has 1 aliphatic heterocycles. The van der Waals surface area contributed by atoms with Crippen LogP contribution in [0.5, 0.6) is 11.5 Å². The Morgan fingerprint density at radius 1 is 1.21 bits per heavy atom. The first kappa shape index (κ1) is 16.3. The van der Waals surface area contributed by atoms with Gasteiger partial charge < -0.3 is 14.4 Å². The zero-order valence-corrected chi connectivity index (χ0v) is 13.8. The minimum Gasteiger partial charge on any atom is -0.497 e. The topological polar surface area (TPSA) is 38.8 Å². The molecule has 1 atom stereocenters. The first-order valence-corrected chi connectivity index (χ1v) is 7.92. The molecule has 0 aromatic heterocycles. The molecule has 24 heavy (non-hydrogen) atoms. The maximum absolute atomic E-state index is 12.9. The van der Waals surface area contributed by atoms with E-state index in [4.69, 9.17) is 9.47 Å². The summed E-state index contributed by atoms with van der Waals surface area (Å²) in [4.78, 5) is 14.4. The molecular formula is C19H20FNO3. The molecule has 3 rings (SSSR count). The maximum atomic E-state index is 12.9. The zero-order chi connectivity index (χ0) is 17.1. The highest BCUT2D eigenvalue weighted by atomic mass is 19.1. The predicted molar refractivity (Wildman–Crippen MR) is 90.1 cm³/mol. The van der Waals surface area contributed by atoms with Crippen LogP contribution in [0.3, 0.4) is 0 Å². The molecule has 1 unspecified atom stereocenters. The van der Waals surface area contributed by atoms with E-state index in [1.54, 1.807) is 12.0 Å². The van der Waals surface area contributed by atoms with Gasteiger partial charge in [0.2, 0.25) is 0 Å². The molecule has 0 N–H and O–H groups in total. The van der Waals surface area contributed by atoms with Gasteiger partial charge in [0, 0.05) is 12.2 Å². The monoisotopic (exact) mass is 329 g/mol. The highest BCUT2D eigenvalue weighted by Crippen LogP contribution is 2.32. The fraction of sp³-hybridized carbons (Fsp3) is 0.316. The molecule has 1 aliphatic rings. The van der Waals surface area contributed by atoms with Gasteiger partial charge in [0.1, 0.15) is 17.3 Å². The largest absolute Gasteiger partial charge is 0.497 e. The van der Waals surface area contributed by atoms with E-state index in [1.807, 2.05) is 18.2 Å². The average Bonchev–Trinajstić information content (AvgIpc) is 2.59. The second-order valence-corrected chi connectivity index (χ2v) is 6.05. The summed E-state index contributed by atoms with van der Waals surface area (Å²) in [5.41, 5.74) is 2.00. The Balaban J connectivity index is 1.74. The van der Waals surface area contributed by atoms with Crippen LogP contribution in [0.15, 0.2) is 42.5 Å². The number of carbonyl (C=O) groups excluding carboxylic acids is 1. The fourth-order valence-corrected chi connectivity index (χ4v) is 2.96. The lowest BCUT2D eigenvalue weighted by atomic mass is 9.93. The van der Waals surface area contributed by atoms with Crippen molar-refractivity contribution in [2.45, 2.75) is 13.3 Å². The Kier molecular flexibility index (Phi) is 4.69. The van der Waals surface area contributed by atoms with Crippen molar-refractivity contribution in [3.05, 3.63) is 53.8 Å². The summed E-state index contributed by atoms with van der Waals surface area (Å²) in [6.45, 7) is 2.69. The Bertz CT molecular complexity index is 730. The summed E-state index contributed by atoms with van der Waals surface area (Å²) in [5.74, 6) is 1.18. The number of fused-ring (bicyclic) bond motifs is 1. The molecule has 0 fully saturated rings. The number of rotatable bonds is 4. The predicted octanol–water partition coefficient (Wildman–Crippen LogP) is 3.44. The molecule has 2 aromatic carbocycles. The van der Waals surface area contributed by atoms with Gasteiger partial charge in [-0.25, -0.2) is 4.39 Å². The third-order valence-electron chi connectivity index (χ3n) is 4.12. The van der Waals surface area contributed by atoms with Gasteiger partial charge in [-0.1, -0.05) is 6.92 Å². The summed E-state index contributed by atoms with van der Waals surface area (Å²) in [7, 11) is 1.63. The van der Waals surface area contributed by atoms with Gasteiger partial charge in [-0.3, -0.25) is 4.79 Å². The lowest BCUT2D eigenvalue weighted by Gasteiger charge is -2.33. The molecule has 126 valence electrons. The van der Waals surface area contributed by atoms with Crippen molar-refractivity contribution in [1.29, 1.82) is 0 Å². The van der Waals surface area contributed by atoms with Gasteiger partial charge in [0.05, 0.1) is 7.11 Å². The highest BCUT2D eigenvalue weighted by molar-refractivity contribution is 5.95. The van der Waals surface area contributed by atoms with E-state index in [-0.39, 0.29) is 18.3 Å². The summed E-state index contributed by atoms with van der Waals surface area (Å²) >= 11 is 0. The van der Waals surface area contributed by atoms with E-state index in [0.717, 1.165) is 23.4 Å². The molecule has 5 heteroatoms. The number of amides is 1. The zero-order valence-electron chi connectivity index (χ0n) is 13.8. The number of halogens is 1. The van der Waals surface area contributed by atoms with Crippen molar-refractivity contribution >= 4 is 11.6 Å². The van der Waals surface area contributed by atoms with Gasteiger partial charge in [-0.2, -0.15) is 0 Å². The summed E-state index contributed by atoms with van der Waals surface area (Å²) in [6, 6.07) is 11.4. The van der Waals surface area contributed by atoms with Gasteiger partial charge in [0.15, 0.2) is 6.61 Å². The quantitative estimate of drug-likeness (QED) is 0.862. The van der Waals surface area contributed by atoms with Crippen LogP contribution in [0.25, 0.3) is 0 Å². The smallest absolute Gasteiger partial charge is 0.264 e. The van der Waals surface area contributed by atoms with Gasteiger partial charge in [-0.05, 0) is 60.4 Å². The third-order valence-corrected chi connectivity index (χ3v) is 4.12. The van der Waals surface area contributed by atoms with Crippen molar-refractivity contribution in [1.82, 2.24) is 0 Å². The molecule has 0 bridgehead atoms. The van der Waals surface area contributed by atoms with Crippen molar-refractivity contribution in [3.63, 3.8) is 0 Å². The SMILES string of the molecule is COc1ccc2c(c1)CC(C)CN2C(=O)COc1ccc(F)cc1. The normalized spacial score (nSPS) is 16.5. The standard InChI is InChI=1S/C19H20FNO3/c1-13-9-14-10-17(23-2)7-8-18(14)21(11-13)19(22)12-24-16-5-3-15(20)4-6-16/h3-8,10,13H,9,11-12H2,1-2H3. The number of ether oxygens (including phenoxy) is 2. The van der Waals surface area contributed by atoms with Gasteiger partial charge in [0.25, 0.3) is 5.91 Å². The fourth-order valence-electron chi connectivity index (χ4n) is 2.96. The molecule has 4 nitrogen and oxygen atoms in total. The molecule has 1 amide bonds. The lowest BCUT2D eigenvalue weighted by molar-refractivity contribution is -0.120. The van der Waals surface area contributed by atoms with Crippen LogP contribution in [0, 0.1) is 11.7 Å². The molecule has 0 spiro atoms. The first-order valence-electron chi connectivity index (χ1n) is 7.92. The Morgan fingerprint density at radius 2 is 1.92 bits per heavy atom. The number of nitrogens with zero attached hydrogens (tertiary/aromatic N) is 1. The second kappa shape index (κ2) is 6.91. The van der Waals surface area contributed by atoms with E-state index < -0.39 is 0 Å². The van der Waals surface area contributed by atoms with Crippen LogP contribution >= 0.6 is 0 Å². The third kappa shape index (κ3) is 3.50. The number of carbonyl (C=O) groups is 1. The number of hydrogen-bond acceptors (Lipinski definition) is 3. The maximum Gasteiger partial charge on any atom is 0.264 e. The van der Waals surface area contributed by atoms with Crippen LogP contribution in [-0.2, 0) is 11.2 Å². The van der Waals surface area contributed by atoms with Gasteiger partial charge >= 0.3 is 0 Å². The molecule has 0 saturated heterocycles. The van der Waals surface area contributed by atoms with Crippen LogP contribution < -0.4 is 14.4 Å². The minimum atomic E-state index is -0.332. The second-order valence-electron chi connectivity index (χ2n) is 6.05. The van der Waals surface area contributed by atoms with E-state index in [9.17, 15) is 9.18 Å². The number of anilines is 1. The lowest BCUT2D eigenvalue weighted by Crippen LogP contribution is -2.41. The van der Waals surface area contributed by atoms with E-state index in [0.29, 0.717) is 18.2 Å². The average molecular weight is 329 g/mol. The Morgan fingerprint density at radius 3 is 2.62 bits per heavy atom. The molecule has 0 saturated carbocycles. The van der Waals surface area contributed by atoms with Crippen molar-refractivity contribution in [2.24, 2.45) is 5.92 Å². The van der Waals surface area contributed by atoms with Crippen LogP contribution in [-0.4, -0.2) is 26.2 Å². The van der Waals surface area contributed by atoms with Gasteiger partial charge in [-0.15, -0.1) is 0 Å². The molecular weight excluding hydrogens is 309 g/mol. The minimum absolute atomic E-state index is 0.0795. The number of methoxy groups -OCH3 is 1. The van der Waals surface area contributed by atoms with E-state index in [1.165, 1.54) is 24.3 Å². The van der Waals surface area contributed by atoms with Crippen LogP contribution in [0.4, 0.5) is 10.1 Å². The van der Waals surface area contributed by atoms with Crippen molar-refractivity contribution < 1.29 is 18.7 Å². The van der Waals surface area contributed by atoms with E-state index in [2.05, 4.69) is 6.92 Å². The number of hydrogen-bond donors (Lipinski definition) is 0. The highest BCUT2D eigenvalue weighted by Gasteiger charge is 2.27. The Hall–Kier alpha value is -2.56. The molecule has 0 aliphatic carbocycles. The summed E-state index contributed by atoms with van der Waals surface area (Å²) < 4.78 is 23.7. The molecule has 2 aromatic rings. The first-order chi connectivity index (χ1) is 11.6. The van der Waals surface area contributed by atoms with Crippen LogP contribution in [0.1, 0.15) is 12.5 Å². The summed E-state index contributed by atoms with van der Waals surface area (Å²) in [6.07, 6.45) is 0.912. The van der Waals surface area contributed by atoms with Crippen molar-refractivity contribution in [2.75, 3.05) is 25.2 Å². The molecule has 1 heterocycles. The number of benzene rings is 2. The summed E-state index contributed by atoms with van der Waals surface area (Å²) in [5, 5.41) is 0. The van der Waals surface area contributed by atoms with Crippen LogP contribution in [0.2, 0.25) is 0 Å². The Labute approximate surface area is 140 Å². The van der Waals surface area contributed by atoms with E-state index >= 15 is 0 Å². The molecule has 0 radical (unpaired) electrons.